The normalized spacial score (nSPS) is 7.38. The van der Waals surface area contributed by atoms with Gasteiger partial charge in [0, 0.05) is 0 Å². The van der Waals surface area contributed by atoms with E-state index in [1.165, 1.54) is 0 Å². The fraction of sp³-hybridized carbons (Fsp3) is 0. The third kappa shape index (κ3) is 237. The van der Waals surface area contributed by atoms with Crippen LogP contribution >= 0.6 is 0 Å². The molecule has 8 heavy (non-hydrogen) atoms. The molecule has 0 amide bonds. The average molecular weight is 389 g/mol. The van der Waals surface area contributed by atoms with Crippen LogP contribution in [-0.4, -0.2) is 64.0 Å². The zero-order chi connectivity index (χ0) is 4.50. The van der Waals surface area contributed by atoms with E-state index in [9.17, 15) is 0 Å². The van der Waals surface area contributed by atoms with Crippen LogP contribution in [0, 0.1) is 0 Å². The first-order chi connectivity index (χ1) is 2.00. The molecule has 7 N–H and O–H groups in total. The molecule has 0 fully saturated rings. The van der Waals surface area contributed by atoms with Gasteiger partial charge in [0.1, 0.15) is 0 Å². The van der Waals surface area contributed by atoms with Crippen molar-refractivity contribution in [2.45, 2.75) is 0 Å². The standard InChI is InChI=1S/AsH3O4.Bi.2H2O.2H/c2-1(3,4)5;;;;;/h(H3,2,3,4,5);;2*1H2;;. The molecule has 1 radical (unpaired) electrons. The molecule has 0 bridgehead atoms. The van der Waals surface area contributed by atoms with Gasteiger partial charge in [0.05, 0.1) is 0 Å². The minimum atomic E-state index is -5.12. The molecule has 0 saturated heterocycles. The van der Waals surface area contributed by atoms with Crippen LogP contribution < -0.4 is 0 Å². The number of rotatable bonds is 0. The van der Waals surface area contributed by atoms with E-state index in [0.717, 1.165) is 0 Å². The van der Waals surface area contributed by atoms with Gasteiger partial charge in [-0.15, -0.1) is 0 Å². The summed E-state index contributed by atoms with van der Waals surface area (Å²) in [5.74, 6) is 0. The van der Waals surface area contributed by atoms with Gasteiger partial charge in [-0.05, 0) is 0 Å². The number of hydrogen-bond acceptors (Lipinski definition) is 1. The number of hydrogen-bond donors (Lipinski definition) is 3. The van der Waals surface area contributed by atoms with Gasteiger partial charge in [0.2, 0.25) is 0 Å². The molecule has 0 aromatic rings. The molecule has 0 aliphatic rings. The molecule has 0 rings (SSSR count). The quantitative estimate of drug-likeness (QED) is 0.358. The van der Waals surface area contributed by atoms with E-state index in [4.69, 9.17) is 16.0 Å². The summed E-state index contributed by atoms with van der Waals surface area (Å²) >= 11 is -5.12. The summed E-state index contributed by atoms with van der Waals surface area (Å²) in [6, 6.07) is 0. The van der Waals surface area contributed by atoms with Crippen molar-refractivity contribution in [1.82, 2.24) is 0 Å². The molecule has 0 spiro atoms. The Balaban J connectivity index is -0.0000000267. The molecule has 0 unspecified atom stereocenters. The first-order valence-corrected chi connectivity index (χ1v) is 4.07. The summed E-state index contributed by atoms with van der Waals surface area (Å²) < 4.78 is 30.7. The Morgan fingerprint density at radius 2 is 1.00 bits per heavy atom. The van der Waals surface area contributed by atoms with Gasteiger partial charge in [0.15, 0.2) is 0 Å². The van der Waals surface area contributed by atoms with Gasteiger partial charge in [-0.2, -0.15) is 0 Å². The summed E-state index contributed by atoms with van der Waals surface area (Å²) in [7, 11) is 0. The monoisotopic (exact) mass is 389 g/mol. The van der Waals surface area contributed by atoms with Gasteiger partial charge in [-0.1, -0.05) is 0 Å². The zero-order valence-electron chi connectivity index (χ0n) is 3.77. The molecule has 0 aliphatic heterocycles. The molecule has 0 aliphatic carbocycles. The van der Waals surface area contributed by atoms with Crippen LogP contribution in [0.1, 0.15) is 0 Å². The van der Waals surface area contributed by atoms with Crippen LogP contribution in [0.2, 0.25) is 0 Å². The van der Waals surface area contributed by atoms with Crippen molar-refractivity contribution in [2.24, 2.45) is 0 Å². The van der Waals surface area contributed by atoms with E-state index in [2.05, 4.69) is 0 Å². The maximum absolute atomic E-state index is 8.94. The molecular formula is H9AsBiO6. The third-order valence-electron chi connectivity index (χ3n) is 0. The van der Waals surface area contributed by atoms with Crippen molar-refractivity contribution in [3.8, 4) is 0 Å². The van der Waals surface area contributed by atoms with E-state index in [1.807, 2.05) is 0 Å². The molecule has 6 nitrogen and oxygen atoms in total. The van der Waals surface area contributed by atoms with Crippen LogP contribution in [0.3, 0.4) is 0 Å². The summed E-state index contributed by atoms with van der Waals surface area (Å²) in [6.45, 7) is 0. The molecule has 0 aromatic carbocycles. The molecular weight excluding hydrogens is 380 g/mol. The van der Waals surface area contributed by atoms with Crippen molar-refractivity contribution < 1.29 is 27.0 Å². The topological polar surface area (TPSA) is 141 Å². The summed E-state index contributed by atoms with van der Waals surface area (Å²) in [5.41, 5.74) is 0. The van der Waals surface area contributed by atoms with Crippen molar-refractivity contribution >= 4 is 40.7 Å². The van der Waals surface area contributed by atoms with E-state index >= 15 is 0 Å². The second-order valence-corrected chi connectivity index (χ2v) is 2.67. The van der Waals surface area contributed by atoms with Gasteiger partial charge < -0.3 is 11.0 Å². The van der Waals surface area contributed by atoms with E-state index in [-0.39, 0.29) is 37.2 Å². The Morgan fingerprint density at radius 3 is 1.00 bits per heavy atom. The average Bonchev–Trinajstić information content (AvgIpc) is 0.722. The first-order valence-electron chi connectivity index (χ1n) is 0.783. The van der Waals surface area contributed by atoms with Gasteiger partial charge in [0.25, 0.3) is 0 Å². The van der Waals surface area contributed by atoms with E-state index in [1.54, 1.807) is 0 Å². The minimum absolute atomic E-state index is 0. The van der Waals surface area contributed by atoms with E-state index in [0.29, 0.717) is 0 Å². The molecule has 55 valence electrons. The first kappa shape index (κ1) is 23.0. The predicted molar refractivity (Wildman–Crippen MR) is 28.9 cm³/mol. The summed E-state index contributed by atoms with van der Waals surface area (Å²) in [5, 5.41) is 0. The van der Waals surface area contributed by atoms with Crippen LogP contribution in [0.4, 0.5) is 0 Å². The molecule has 0 saturated carbocycles. The van der Waals surface area contributed by atoms with Crippen molar-refractivity contribution in [3.05, 3.63) is 0 Å². The van der Waals surface area contributed by atoms with E-state index < -0.39 is 14.5 Å². The van der Waals surface area contributed by atoms with Crippen LogP contribution in [0.5, 0.6) is 0 Å². The molecule has 0 atom stereocenters. The molecule has 0 aromatic heterocycles. The predicted octanol–water partition coefficient (Wildman–Crippen LogP) is -4.74. The van der Waals surface area contributed by atoms with Crippen molar-refractivity contribution in [1.29, 1.82) is 0 Å². The summed E-state index contributed by atoms with van der Waals surface area (Å²) in [6.07, 6.45) is 0. The summed E-state index contributed by atoms with van der Waals surface area (Å²) in [4.78, 5) is 0. The Morgan fingerprint density at radius 1 is 1.00 bits per heavy atom. The fourth-order valence-electron chi connectivity index (χ4n) is 0. The van der Waals surface area contributed by atoms with Gasteiger partial charge >= 0.3 is 56.7 Å². The third-order valence-corrected chi connectivity index (χ3v) is 0. The van der Waals surface area contributed by atoms with Crippen LogP contribution in [-0.2, 0) is 3.74 Å². The van der Waals surface area contributed by atoms with Gasteiger partial charge in [-0.25, -0.2) is 0 Å². The fourth-order valence-corrected chi connectivity index (χ4v) is 0. The Bertz CT molecular complexity index is 54.7. The second-order valence-electron chi connectivity index (χ2n) is 0.513. The van der Waals surface area contributed by atoms with Crippen LogP contribution in [0.15, 0.2) is 0 Å². The van der Waals surface area contributed by atoms with Crippen molar-refractivity contribution in [2.75, 3.05) is 0 Å². The SMILES string of the molecule is O.O.O=[As](O)(O)O.[BiH2]. The Hall–Kier alpha value is 1.04. The van der Waals surface area contributed by atoms with Crippen molar-refractivity contribution in [3.63, 3.8) is 0 Å². The molecule has 8 heteroatoms. The Labute approximate surface area is 67.6 Å². The maximum atomic E-state index is 8.94. The van der Waals surface area contributed by atoms with Gasteiger partial charge in [-0.3, -0.25) is 0 Å². The zero-order valence-corrected chi connectivity index (χ0v) is 10.1. The molecule has 0 heterocycles. The van der Waals surface area contributed by atoms with Crippen LogP contribution in [0.25, 0.3) is 0 Å². The second kappa shape index (κ2) is 8.04. The Kier molecular flexibility index (Phi) is 23.1.